The standard InChI is InChI=1S/C21H20N2O5S/c1-13(2)27-17-8-14(9-18(11-17)28-16-6-4-3-5-7-16)20(26)23-21-22-15(12-29-21)10-19(24)25/h3-9,11-13H,10H2,1-2H3,(H,24,25)(H,22,23,26). The second-order valence-corrected chi connectivity index (χ2v) is 7.30. The Morgan fingerprint density at radius 1 is 1.10 bits per heavy atom. The Morgan fingerprint density at radius 2 is 1.83 bits per heavy atom. The molecule has 0 unspecified atom stereocenters. The first kappa shape index (κ1) is 20.3. The fourth-order valence-electron chi connectivity index (χ4n) is 2.50. The summed E-state index contributed by atoms with van der Waals surface area (Å²) in [5.41, 5.74) is 0.729. The van der Waals surface area contributed by atoms with E-state index >= 15 is 0 Å². The summed E-state index contributed by atoms with van der Waals surface area (Å²) in [6.07, 6.45) is -0.269. The zero-order valence-electron chi connectivity index (χ0n) is 15.9. The molecule has 3 rings (SSSR count). The zero-order chi connectivity index (χ0) is 20.8. The molecule has 8 heteroatoms. The number of nitrogens with zero attached hydrogens (tertiary/aromatic N) is 1. The van der Waals surface area contributed by atoms with E-state index in [0.717, 1.165) is 0 Å². The van der Waals surface area contributed by atoms with E-state index in [-0.39, 0.29) is 12.5 Å². The smallest absolute Gasteiger partial charge is 0.309 e. The number of hydrogen-bond donors (Lipinski definition) is 2. The van der Waals surface area contributed by atoms with Gasteiger partial charge in [0.25, 0.3) is 5.91 Å². The molecule has 0 aliphatic heterocycles. The van der Waals surface area contributed by atoms with Gasteiger partial charge in [-0.2, -0.15) is 0 Å². The number of benzene rings is 2. The van der Waals surface area contributed by atoms with Crippen molar-refractivity contribution in [3.05, 3.63) is 65.2 Å². The molecule has 0 spiro atoms. The summed E-state index contributed by atoms with van der Waals surface area (Å²) in [7, 11) is 0. The van der Waals surface area contributed by atoms with Gasteiger partial charge in [-0.3, -0.25) is 14.9 Å². The van der Waals surface area contributed by atoms with E-state index in [9.17, 15) is 9.59 Å². The zero-order valence-corrected chi connectivity index (χ0v) is 16.7. The molecule has 0 bridgehead atoms. The summed E-state index contributed by atoms with van der Waals surface area (Å²) in [4.78, 5) is 27.6. The minimum absolute atomic E-state index is 0.0737. The molecular weight excluding hydrogens is 392 g/mol. The van der Waals surface area contributed by atoms with Gasteiger partial charge in [0, 0.05) is 17.0 Å². The number of carboxylic acids is 1. The van der Waals surface area contributed by atoms with Crippen molar-refractivity contribution in [1.82, 2.24) is 4.98 Å². The molecule has 1 aromatic heterocycles. The molecule has 0 saturated heterocycles. The third-order valence-electron chi connectivity index (χ3n) is 3.60. The van der Waals surface area contributed by atoms with Crippen molar-refractivity contribution in [3.63, 3.8) is 0 Å². The molecule has 0 atom stereocenters. The summed E-state index contributed by atoms with van der Waals surface area (Å²) in [5, 5.41) is 13.5. The van der Waals surface area contributed by atoms with Crippen molar-refractivity contribution in [1.29, 1.82) is 0 Å². The van der Waals surface area contributed by atoms with Crippen molar-refractivity contribution in [2.24, 2.45) is 0 Å². The molecule has 3 aromatic rings. The number of thiazole rings is 1. The van der Waals surface area contributed by atoms with Crippen molar-refractivity contribution >= 4 is 28.3 Å². The van der Waals surface area contributed by atoms with E-state index in [1.54, 1.807) is 23.6 Å². The van der Waals surface area contributed by atoms with Crippen molar-refractivity contribution in [2.75, 3.05) is 5.32 Å². The number of carbonyl (C=O) groups is 2. The fourth-order valence-corrected chi connectivity index (χ4v) is 3.20. The van der Waals surface area contributed by atoms with Crippen LogP contribution in [0.25, 0.3) is 0 Å². The van der Waals surface area contributed by atoms with Crippen LogP contribution in [0, 0.1) is 0 Å². The number of hydrogen-bond acceptors (Lipinski definition) is 6. The van der Waals surface area contributed by atoms with Gasteiger partial charge < -0.3 is 14.6 Å². The maximum Gasteiger partial charge on any atom is 0.309 e. The predicted molar refractivity (Wildman–Crippen MR) is 110 cm³/mol. The molecular formula is C21H20N2O5S. The SMILES string of the molecule is CC(C)Oc1cc(Oc2ccccc2)cc(C(=O)Nc2nc(CC(=O)O)cs2)c1. The van der Waals surface area contributed by atoms with Crippen LogP contribution in [-0.4, -0.2) is 28.1 Å². The number of carbonyl (C=O) groups excluding carboxylic acids is 1. The summed E-state index contributed by atoms with van der Waals surface area (Å²) in [6, 6.07) is 14.2. The van der Waals surface area contributed by atoms with Gasteiger partial charge in [-0.1, -0.05) is 18.2 Å². The van der Waals surface area contributed by atoms with Crippen LogP contribution in [0.3, 0.4) is 0 Å². The Labute approximate surface area is 171 Å². The molecule has 1 heterocycles. The van der Waals surface area contributed by atoms with Gasteiger partial charge in [-0.25, -0.2) is 4.98 Å². The molecule has 1 amide bonds. The lowest BCUT2D eigenvalue weighted by Gasteiger charge is -2.14. The van der Waals surface area contributed by atoms with Crippen LogP contribution in [0.4, 0.5) is 5.13 Å². The molecule has 0 aliphatic rings. The van der Waals surface area contributed by atoms with Crippen LogP contribution in [-0.2, 0) is 11.2 Å². The summed E-state index contributed by atoms with van der Waals surface area (Å²) in [6.45, 7) is 3.79. The average Bonchev–Trinajstić information content (AvgIpc) is 3.07. The summed E-state index contributed by atoms with van der Waals surface area (Å²) in [5.74, 6) is 0.232. The van der Waals surface area contributed by atoms with Gasteiger partial charge in [0.05, 0.1) is 18.2 Å². The summed E-state index contributed by atoms with van der Waals surface area (Å²) < 4.78 is 11.6. The number of rotatable bonds is 8. The third-order valence-corrected chi connectivity index (χ3v) is 4.40. The minimum atomic E-state index is -0.977. The van der Waals surface area contributed by atoms with E-state index in [4.69, 9.17) is 14.6 Å². The van der Waals surface area contributed by atoms with Gasteiger partial charge in [-0.05, 0) is 38.1 Å². The van der Waals surface area contributed by atoms with E-state index in [2.05, 4.69) is 10.3 Å². The molecule has 7 nitrogen and oxygen atoms in total. The van der Waals surface area contributed by atoms with Crippen LogP contribution in [0.5, 0.6) is 17.2 Å². The van der Waals surface area contributed by atoms with Crippen LogP contribution in [0.15, 0.2) is 53.9 Å². The Hall–Kier alpha value is -3.39. The highest BCUT2D eigenvalue weighted by atomic mass is 32.1. The highest BCUT2D eigenvalue weighted by molar-refractivity contribution is 7.14. The molecule has 2 N–H and O–H groups in total. The minimum Gasteiger partial charge on any atom is -0.491 e. The van der Waals surface area contributed by atoms with Crippen LogP contribution in [0.1, 0.15) is 29.9 Å². The lowest BCUT2D eigenvalue weighted by atomic mass is 10.2. The van der Waals surface area contributed by atoms with Gasteiger partial charge in [0.1, 0.15) is 17.2 Å². The van der Waals surface area contributed by atoms with Crippen LogP contribution < -0.4 is 14.8 Å². The van der Waals surface area contributed by atoms with E-state index in [1.807, 2.05) is 44.2 Å². The van der Waals surface area contributed by atoms with Gasteiger partial charge in [0.2, 0.25) is 0 Å². The molecule has 2 aromatic carbocycles. The number of ether oxygens (including phenoxy) is 2. The second-order valence-electron chi connectivity index (χ2n) is 6.44. The van der Waals surface area contributed by atoms with E-state index in [0.29, 0.717) is 33.6 Å². The highest BCUT2D eigenvalue weighted by Crippen LogP contribution is 2.29. The molecule has 0 fully saturated rings. The Morgan fingerprint density at radius 3 is 2.52 bits per heavy atom. The summed E-state index contributed by atoms with van der Waals surface area (Å²) >= 11 is 1.17. The Bertz CT molecular complexity index is 1000. The van der Waals surface area contributed by atoms with Crippen molar-refractivity contribution in [2.45, 2.75) is 26.4 Å². The first-order valence-electron chi connectivity index (χ1n) is 8.91. The topological polar surface area (TPSA) is 97.8 Å². The predicted octanol–water partition coefficient (Wildman–Crippen LogP) is 4.60. The first-order chi connectivity index (χ1) is 13.9. The molecule has 0 aliphatic carbocycles. The van der Waals surface area contributed by atoms with E-state index in [1.165, 1.54) is 11.3 Å². The van der Waals surface area contributed by atoms with Crippen molar-refractivity contribution in [3.8, 4) is 17.2 Å². The number of aliphatic carboxylic acids is 1. The van der Waals surface area contributed by atoms with E-state index < -0.39 is 11.9 Å². The number of anilines is 1. The first-order valence-corrected chi connectivity index (χ1v) is 9.79. The third kappa shape index (κ3) is 6.05. The average molecular weight is 412 g/mol. The normalized spacial score (nSPS) is 10.6. The van der Waals surface area contributed by atoms with Gasteiger partial charge >= 0.3 is 5.97 Å². The number of amides is 1. The lowest BCUT2D eigenvalue weighted by Crippen LogP contribution is -2.13. The Kier molecular flexibility index (Phi) is 6.46. The maximum atomic E-state index is 12.7. The lowest BCUT2D eigenvalue weighted by molar-refractivity contribution is -0.136. The fraction of sp³-hybridized carbons (Fsp3) is 0.190. The van der Waals surface area contributed by atoms with Crippen LogP contribution >= 0.6 is 11.3 Å². The quantitative estimate of drug-likeness (QED) is 0.561. The number of aromatic nitrogens is 1. The maximum absolute atomic E-state index is 12.7. The number of carboxylic acid groups (broad SMARTS) is 1. The monoisotopic (exact) mass is 412 g/mol. The van der Waals surface area contributed by atoms with Gasteiger partial charge in [0.15, 0.2) is 5.13 Å². The number of para-hydroxylation sites is 1. The highest BCUT2D eigenvalue weighted by Gasteiger charge is 2.14. The Balaban J connectivity index is 1.82. The second kappa shape index (κ2) is 9.20. The van der Waals surface area contributed by atoms with Gasteiger partial charge in [-0.15, -0.1) is 11.3 Å². The molecule has 0 saturated carbocycles. The van der Waals surface area contributed by atoms with Crippen LogP contribution in [0.2, 0.25) is 0 Å². The molecule has 150 valence electrons. The molecule has 29 heavy (non-hydrogen) atoms. The van der Waals surface area contributed by atoms with Crippen molar-refractivity contribution < 1.29 is 24.2 Å². The largest absolute Gasteiger partial charge is 0.491 e. The molecule has 0 radical (unpaired) electrons. The number of nitrogens with one attached hydrogen (secondary N) is 1.